The number of nitrogens with one attached hydrogen (secondary N) is 1. The lowest BCUT2D eigenvalue weighted by Gasteiger charge is -2.48. The summed E-state index contributed by atoms with van der Waals surface area (Å²) in [5, 5.41) is 14.5. The van der Waals surface area contributed by atoms with E-state index < -0.39 is 95.6 Å². The summed E-state index contributed by atoms with van der Waals surface area (Å²) in [5.41, 5.74) is -2.96. The van der Waals surface area contributed by atoms with Gasteiger partial charge in [-0.05, 0) is 61.1 Å². The van der Waals surface area contributed by atoms with Crippen LogP contribution in [0.15, 0.2) is 0 Å². The summed E-state index contributed by atoms with van der Waals surface area (Å²) in [4.78, 5) is 67.3. The Hall–Kier alpha value is -2.81. The quantitative estimate of drug-likeness (QED) is 0.309. The van der Waals surface area contributed by atoms with E-state index in [1.165, 1.54) is 20.8 Å². The van der Waals surface area contributed by atoms with Crippen molar-refractivity contribution in [3.8, 4) is 0 Å². The molecule has 274 valence electrons. The van der Waals surface area contributed by atoms with Crippen molar-refractivity contribution >= 4 is 29.8 Å². The third-order valence-corrected chi connectivity index (χ3v) is 10.3. The van der Waals surface area contributed by atoms with Crippen LogP contribution in [0.25, 0.3) is 0 Å². The second kappa shape index (κ2) is 15.4. The zero-order valence-corrected chi connectivity index (χ0v) is 30.4. The Morgan fingerprint density at radius 3 is 2.19 bits per heavy atom. The van der Waals surface area contributed by atoms with E-state index in [4.69, 9.17) is 28.4 Å². The van der Waals surface area contributed by atoms with Gasteiger partial charge in [-0.2, -0.15) is 0 Å². The van der Waals surface area contributed by atoms with Crippen molar-refractivity contribution in [1.82, 2.24) is 10.2 Å². The summed E-state index contributed by atoms with van der Waals surface area (Å²) in [5.74, 6) is -5.82. The number of cyclic esters (lactones) is 1. The molecule has 14 heteroatoms. The first-order chi connectivity index (χ1) is 22.2. The summed E-state index contributed by atoms with van der Waals surface area (Å²) >= 11 is 0. The molecule has 48 heavy (non-hydrogen) atoms. The molecule has 14 nitrogen and oxygen atoms in total. The monoisotopic (exact) mass is 684 g/mol. The molecule has 0 aromatic heterocycles. The lowest BCUT2D eigenvalue weighted by molar-refractivity contribution is -0.302. The molecule has 3 heterocycles. The molecule has 3 aliphatic rings. The molecule has 0 bridgehead atoms. The maximum absolute atomic E-state index is 14.1. The van der Waals surface area contributed by atoms with Crippen LogP contribution in [0.4, 0.5) is 4.79 Å². The number of ether oxygens (including phenoxy) is 6. The number of likely N-dealkylation sites (N-methyl/N-ethyl adjacent to an activating group) is 1. The van der Waals surface area contributed by atoms with E-state index >= 15 is 0 Å². The summed E-state index contributed by atoms with van der Waals surface area (Å²) < 4.78 is 36.3. The van der Waals surface area contributed by atoms with E-state index in [1.54, 1.807) is 41.5 Å². The Labute approximate surface area is 283 Å². The highest BCUT2D eigenvalue weighted by Crippen LogP contribution is 2.41. The fourth-order valence-electron chi connectivity index (χ4n) is 7.87. The largest absolute Gasteiger partial charge is 0.458 e. The standard InChI is InChI=1S/C34H56N2O12/c1-13-24-34(10)28(35-32(42)48-34)18(4)25(39)16(2)15-33(9,47-22(8)38)29(19(5)26(40)20(6)30(41)45-24)46-31-27(44-21(7)37)23(36(11)12)14-17(3)43-31/h16-20,23-24,26-29,31,40H,13-15H2,1-12H3,(H,35,42)/t16-,17-,18+,19+,20-,23+,24-,26+,27-,28-,29-,31+,33-,34-/m1/s1. The van der Waals surface area contributed by atoms with Gasteiger partial charge in [-0.15, -0.1) is 0 Å². The van der Waals surface area contributed by atoms with Crippen LogP contribution in [-0.2, 0) is 47.6 Å². The van der Waals surface area contributed by atoms with Gasteiger partial charge in [0.15, 0.2) is 18.0 Å². The van der Waals surface area contributed by atoms with Crippen LogP contribution in [0, 0.1) is 23.7 Å². The molecule has 0 saturated carbocycles. The number of aliphatic hydroxyl groups is 1. The smallest absolute Gasteiger partial charge is 0.408 e. The first-order valence-corrected chi connectivity index (χ1v) is 16.9. The fraction of sp³-hybridized carbons (Fsp3) is 0.853. The van der Waals surface area contributed by atoms with Crippen LogP contribution in [0.2, 0.25) is 0 Å². The van der Waals surface area contributed by atoms with Gasteiger partial charge in [0.2, 0.25) is 0 Å². The molecule has 3 fully saturated rings. The van der Waals surface area contributed by atoms with E-state index in [2.05, 4.69) is 5.32 Å². The normalized spacial score (nSPS) is 42.9. The number of nitrogens with zero attached hydrogens (tertiary/aromatic N) is 1. The van der Waals surface area contributed by atoms with Gasteiger partial charge in [-0.3, -0.25) is 19.2 Å². The molecule has 3 aliphatic heterocycles. The minimum atomic E-state index is -1.57. The van der Waals surface area contributed by atoms with Crippen molar-refractivity contribution in [3.05, 3.63) is 0 Å². The highest BCUT2D eigenvalue weighted by molar-refractivity contribution is 5.85. The van der Waals surface area contributed by atoms with Crippen LogP contribution in [-0.4, -0.2) is 114 Å². The minimum absolute atomic E-state index is 0.0522. The predicted molar refractivity (Wildman–Crippen MR) is 171 cm³/mol. The van der Waals surface area contributed by atoms with Gasteiger partial charge in [0, 0.05) is 31.6 Å². The summed E-state index contributed by atoms with van der Waals surface area (Å²) in [6.45, 7) is 15.9. The molecular formula is C34H56N2O12. The number of hydrogen-bond acceptors (Lipinski definition) is 13. The van der Waals surface area contributed by atoms with Crippen molar-refractivity contribution in [1.29, 1.82) is 0 Å². The molecule has 3 rings (SSSR count). The first-order valence-electron chi connectivity index (χ1n) is 16.9. The van der Waals surface area contributed by atoms with Crippen LogP contribution >= 0.6 is 0 Å². The maximum atomic E-state index is 14.1. The second-order valence-electron chi connectivity index (χ2n) is 14.6. The van der Waals surface area contributed by atoms with E-state index in [0.29, 0.717) is 6.42 Å². The van der Waals surface area contributed by atoms with Gasteiger partial charge >= 0.3 is 24.0 Å². The van der Waals surface area contributed by atoms with Gasteiger partial charge in [-0.1, -0.05) is 27.7 Å². The molecule has 2 N–H and O–H groups in total. The number of hydrogen-bond donors (Lipinski definition) is 2. The molecule has 0 radical (unpaired) electrons. The molecule has 3 saturated heterocycles. The topological polar surface area (TPSA) is 176 Å². The molecule has 0 aromatic rings. The number of esters is 3. The molecule has 0 spiro atoms. The van der Waals surface area contributed by atoms with Gasteiger partial charge in [-0.25, -0.2) is 4.79 Å². The van der Waals surface area contributed by atoms with Crippen LogP contribution in [0.5, 0.6) is 0 Å². The molecular weight excluding hydrogens is 628 g/mol. The summed E-state index contributed by atoms with van der Waals surface area (Å²) in [7, 11) is 3.70. The highest BCUT2D eigenvalue weighted by Gasteiger charge is 2.57. The lowest BCUT2D eigenvalue weighted by atomic mass is 9.73. The molecule has 0 aromatic carbocycles. The van der Waals surface area contributed by atoms with E-state index in [-0.39, 0.29) is 30.8 Å². The number of fused-ring (bicyclic) bond motifs is 1. The number of rotatable bonds is 6. The van der Waals surface area contributed by atoms with Gasteiger partial charge in [0.05, 0.1) is 30.2 Å². The number of alkyl carbamates (subject to hydrolysis) is 1. The van der Waals surface area contributed by atoms with Gasteiger partial charge in [0.25, 0.3) is 0 Å². The van der Waals surface area contributed by atoms with Crippen molar-refractivity contribution in [2.24, 2.45) is 23.7 Å². The summed E-state index contributed by atoms with van der Waals surface area (Å²) in [6, 6.07) is -1.16. The highest BCUT2D eigenvalue weighted by atomic mass is 16.7. The summed E-state index contributed by atoms with van der Waals surface area (Å²) in [6.07, 6.45) is -5.92. The van der Waals surface area contributed by atoms with Crippen LogP contribution in [0.3, 0.4) is 0 Å². The molecule has 0 aliphatic carbocycles. The van der Waals surface area contributed by atoms with Gasteiger partial charge in [0.1, 0.15) is 23.6 Å². The van der Waals surface area contributed by atoms with E-state index in [0.717, 1.165) is 0 Å². The SMILES string of the molecule is CC[C@H]1OC(=O)[C@H](C)[C@@H](O)[C@H](C)[C@@H](O[C@@H]2O[C@H](C)C[C@H](N(C)C)[C@H]2OC(C)=O)[C@](C)(OC(C)=O)C[C@@H](C)C(=O)[C@H](C)[C@H]2NC(=O)O[C@@]21C. The predicted octanol–water partition coefficient (Wildman–Crippen LogP) is 2.76. The third-order valence-electron chi connectivity index (χ3n) is 10.3. The Morgan fingerprint density at radius 1 is 1.02 bits per heavy atom. The van der Waals surface area contributed by atoms with Crippen molar-refractivity contribution in [2.45, 2.75) is 149 Å². The average Bonchev–Trinajstić information content (AvgIpc) is 3.30. The van der Waals surface area contributed by atoms with Gasteiger partial charge < -0.3 is 43.7 Å². The Balaban J connectivity index is 2.19. The Morgan fingerprint density at radius 2 is 1.65 bits per heavy atom. The number of Topliss-reactive ketones (excluding diaryl/α,β-unsaturated/α-hetero) is 1. The molecule has 1 amide bonds. The zero-order valence-electron chi connectivity index (χ0n) is 30.4. The van der Waals surface area contributed by atoms with Crippen LogP contribution < -0.4 is 5.32 Å². The molecule has 14 atom stereocenters. The first kappa shape index (κ1) is 39.6. The average molecular weight is 685 g/mol. The molecule has 0 unspecified atom stereocenters. The number of aliphatic hydroxyl groups excluding tert-OH is 1. The van der Waals surface area contributed by atoms with Crippen molar-refractivity contribution < 1.29 is 57.5 Å². The van der Waals surface area contributed by atoms with Crippen LogP contribution in [0.1, 0.15) is 88.5 Å². The fourth-order valence-corrected chi connectivity index (χ4v) is 7.87. The van der Waals surface area contributed by atoms with E-state index in [1.807, 2.05) is 25.9 Å². The number of amides is 1. The number of carbonyl (C=O) groups excluding carboxylic acids is 5. The number of carbonyl (C=O) groups is 5. The van der Waals surface area contributed by atoms with E-state index in [9.17, 15) is 29.1 Å². The second-order valence-corrected chi connectivity index (χ2v) is 14.6. The zero-order chi connectivity index (χ0) is 36.5. The number of ketones is 1. The maximum Gasteiger partial charge on any atom is 0.408 e. The minimum Gasteiger partial charge on any atom is -0.458 e. The van der Waals surface area contributed by atoms with Crippen molar-refractivity contribution in [3.63, 3.8) is 0 Å². The Bertz CT molecular complexity index is 1210. The third kappa shape index (κ3) is 8.31. The Kier molecular flexibility index (Phi) is 12.7. The van der Waals surface area contributed by atoms with Crippen molar-refractivity contribution in [2.75, 3.05) is 14.1 Å². The lowest BCUT2D eigenvalue weighted by Crippen LogP contribution is -2.61.